The molecule has 0 aliphatic carbocycles. The number of aromatic nitrogens is 2. The summed E-state index contributed by atoms with van der Waals surface area (Å²) in [5, 5.41) is 30.0. The Bertz CT molecular complexity index is 2760. The Hall–Kier alpha value is -7.14. The van der Waals surface area contributed by atoms with Crippen molar-refractivity contribution in [2.45, 2.75) is 19.0 Å². The number of fused-ring (bicyclic) bond motifs is 2. The first-order valence-electron chi connectivity index (χ1n) is 19.2. The number of phenols is 2. The summed E-state index contributed by atoms with van der Waals surface area (Å²) in [5.74, 6) is 0.508. The van der Waals surface area contributed by atoms with E-state index in [1.807, 2.05) is 97.9 Å². The number of phenolic OH excluding ortho intramolecular Hbond substituents is 2. The van der Waals surface area contributed by atoms with Crippen molar-refractivity contribution in [1.29, 1.82) is 0 Å². The highest BCUT2D eigenvalue weighted by Crippen LogP contribution is 2.40. The van der Waals surface area contributed by atoms with Crippen molar-refractivity contribution in [2.24, 2.45) is 0 Å². The van der Waals surface area contributed by atoms with Gasteiger partial charge in [0.15, 0.2) is 13.2 Å². The molecule has 10 nitrogen and oxygen atoms in total. The first-order valence-corrected chi connectivity index (χ1v) is 20.0. The number of hydrogen-bond acceptors (Lipinski definition) is 8. The van der Waals surface area contributed by atoms with E-state index in [9.17, 15) is 19.8 Å². The van der Waals surface area contributed by atoms with Crippen molar-refractivity contribution in [3.8, 4) is 23.0 Å². The predicted octanol–water partition coefficient (Wildman–Crippen LogP) is 10.1. The molecule has 0 bridgehead atoms. The zero-order chi connectivity index (χ0) is 42.7. The van der Waals surface area contributed by atoms with Gasteiger partial charge in [-0.1, -0.05) is 120 Å². The summed E-state index contributed by atoms with van der Waals surface area (Å²) in [4.78, 5) is 33.9. The molecule has 6 aromatic carbocycles. The molecule has 0 radical (unpaired) electrons. The van der Waals surface area contributed by atoms with Crippen LogP contribution < -0.4 is 20.1 Å². The number of pyridine rings is 2. The average molecular weight is 852 g/mol. The fourth-order valence-electron chi connectivity index (χ4n) is 6.67. The Kier molecular flexibility index (Phi) is 13.6. The Morgan fingerprint density at radius 3 is 1.38 bits per heavy atom. The van der Waals surface area contributed by atoms with E-state index in [2.05, 4.69) is 20.6 Å². The molecule has 2 aromatic heterocycles. The summed E-state index contributed by atoms with van der Waals surface area (Å²) in [6.07, 6.45) is 3.18. The second kappa shape index (κ2) is 19.7. The van der Waals surface area contributed by atoms with Crippen molar-refractivity contribution < 1.29 is 29.3 Å². The lowest BCUT2D eigenvalue weighted by atomic mass is 9.95. The van der Waals surface area contributed by atoms with Crippen LogP contribution in [-0.4, -0.2) is 45.2 Å². The summed E-state index contributed by atoms with van der Waals surface area (Å²) in [6, 6.07) is 44.5. The molecule has 0 spiro atoms. The third kappa shape index (κ3) is 10.4. The number of benzene rings is 6. The van der Waals surface area contributed by atoms with Crippen LogP contribution in [0.25, 0.3) is 21.8 Å². The van der Waals surface area contributed by atoms with Crippen LogP contribution in [0.2, 0.25) is 10.0 Å². The molecule has 2 atom stereocenters. The zero-order valence-electron chi connectivity index (χ0n) is 32.8. The van der Waals surface area contributed by atoms with Crippen molar-refractivity contribution >= 4 is 56.8 Å². The molecule has 4 N–H and O–H groups in total. The Morgan fingerprint density at radius 1 is 0.557 bits per heavy atom. The number of hydrogen-bond donors (Lipinski definition) is 4. The molecule has 61 heavy (non-hydrogen) atoms. The first-order chi connectivity index (χ1) is 29.7. The molecule has 306 valence electrons. The molecule has 0 aliphatic rings. The molecule has 0 aliphatic heterocycles. The maximum Gasteiger partial charge on any atom is 0.258 e. The van der Waals surface area contributed by atoms with E-state index in [1.54, 1.807) is 73.1 Å². The standard InChI is InChI=1S/C25H21ClN2O3.C24H19ClN2O3/c1-16-9-11-17(12-10-16)23(28-22(29)15-31-18-6-3-2-4-7-18)20-14-21(26)19-8-5-13-27-24(19)25(20)30;25-20-14-19(24(29)23-18(20)12-7-13-26-23)22(16-8-3-1-4-9-16)27-21(28)15-30-17-10-5-2-6-11-17/h2-14,23,30H,15H2,1H3,(H,28,29);1-14,22,29H,15H2,(H,27,28). The number of para-hydroxylation sites is 2. The summed E-state index contributed by atoms with van der Waals surface area (Å²) in [5.41, 5.74) is 4.39. The van der Waals surface area contributed by atoms with Crippen molar-refractivity contribution in [3.05, 3.63) is 202 Å². The number of amides is 2. The van der Waals surface area contributed by atoms with Gasteiger partial charge >= 0.3 is 0 Å². The second-order valence-electron chi connectivity index (χ2n) is 13.9. The highest BCUT2D eigenvalue weighted by atomic mass is 35.5. The minimum absolute atomic E-state index is 0.0187. The number of rotatable bonds is 12. The minimum atomic E-state index is -0.628. The smallest absolute Gasteiger partial charge is 0.258 e. The maximum absolute atomic E-state index is 12.7. The Morgan fingerprint density at radius 2 is 0.951 bits per heavy atom. The van der Waals surface area contributed by atoms with Gasteiger partial charge in [-0.15, -0.1) is 0 Å². The normalized spacial score (nSPS) is 11.8. The van der Waals surface area contributed by atoms with Crippen LogP contribution in [0.4, 0.5) is 0 Å². The minimum Gasteiger partial charge on any atom is -0.505 e. The van der Waals surface area contributed by atoms with E-state index >= 15 is 0 Å². The average Bonchev–Trinajstić information content (AvgIpc) is 3.30. The van der Waals surface area contributed by atoms with Gasteiger partial charge in [0.25, 0.3) is 11.8 Å². The van der Waals surface area contributed by atoms with E-state index < -0.39 is 12.1 Å². The van der Waals surface area contributed by atoms with Crippen molar-refractivity contribution in [2.75, 3.05) is 13.2 Å². The van der Waals surface area contributed by atoms with Gasteiger partial charge in [-0.2, -0.15) is 0 Å². The van der Waals surface area contributed by atoms with Crippen LogP contribution in [0.1, 0.15) is 39.9 Å². The lowest BCUT2D eigenvalue weighted by molar-refractivity contribution is -0.124. The second-order valence-corrected chi connectivity index (χ2v) is 14.7. The predicted molar refractivity (Wildman–Crippen MR) is 238 cm³/mol. The SMILES string of the molecule is Cc1ccc(C(NC(=O)COc2ccccc2)c2cc(Cl)c3cccnc3c2O)cc1.O=C(COc1ccccc1)NC(c1ccccc1)c1cc(Cl)c2cccnc2c1O. The van der Waals surface area contributed by atoms with Crippen molar-refractivity contribution in [1.82, 2.24) is 20.6 Å². The number of carbonyl (C=O) groups is 2. The zero-order valence-corrected chi connectivity index (χ0v) is 34.3. The van der Waals surface area contributed by atoms with Crippen molar-refractivity contribution in [3.63, 3.8) is 0 Å². The third-order valence-corrected chi connectivity index (χ3v) is 10.3. The van der Waals surface area contributed by atoms with Crippen LogP contribution >= 0.6 is 23.2 Å². The molecule has 2 heterocycles. The molecule has 0 saturated carbocycles. The molecule has 2 unspecified atom stereocenters. The number of nitrogens with zero attached hydrogens (tertiary/aromatic N) is 2. The maximum atomic E-state index is 12.7. The van der Waals surface area contributed by atoms with Gasteiger partial charge in [0, 0.05) is 34.3 Å². The molecule has 8 aromatic rings. The van der Waals surface area contributed by atoms with Gasteiger partial charge < -0.3 is 30.3 Å². The van der Waals surface area contributed by atoms with Crippen LogP contribution in [0.5, 0.6) is 23.0 Å². The number of carbonyl (C=O) groups excluding carboxylic acids is 2. The number of aromatic hydroxyl groups is 2. The number of ether oxygens (including phenoxy) is 2. The molecule has 0 fully saturated rings. The fourth-order valence-corrected chi connectivity index (χ4v) is 7.21. The third-order valence-electron chi connectivity index (χ3n) is 9.69. The van der Waals surface area contributed by atoms with Crippen LogP contribution in [-0.2, 0) is 9.59 Å². The number of nitrogens with one attached hydrogen (secondary N) is 2. The molecular weight excluding hydrogens is 811 g/mol. The van der Waals surface area contributed by atoms with Gasteiger partial charge in [-0.05, 0) is 78.7 Å². The van der Waals surface area contributed by atoms with Crippen LogP contribution in [0.3, 0.4) is 0 Å². The van der Waals surface area contributed by atoms with Crippen LogP contribution in [0.15, 0.2) is 164 Å². The summed E-state index contributed by atoms with van der Waals surface area (Å²) >= 11 is 12.9. The van der Waals surface area contributed by atoms with Crippen LogP contribution in [0, 0.1) is 6.92 Å². The largest absolute Gasteiger partial charge is 0.505 e. The van der Waals surface area contributed by atoms with E-state index in [0.29, 0.717) is 54.5 Å². The Balaban J connectivity index is 0.000000184. The topological polar surface area (TPSA) is 143 Å². The van der Waals surface area contributed by atoms with Gasteiger partial charge in [0.2, 0.25) is 0 Å². The molecular formula is C49H40Cl2N4O6. The molecule has 12 heteroatoms. The molecule has 8 rings (SSSR count). The Labute approximate surface area is 362 Å². The van der Waals surface area contributed by atoms with E-state index in [-0.39, 0.29) is 36.5 Å². The molecule has 0 saturated heterocycles. The lowest BCUT2D eigenvalue weighted by Gasteiger charge is -2.22. The summed E-state index contributed by atoms with van der Waals surface area (Å²) < 4.78 is 11.1. The van der Waals surface area contributed by atoms with E-state index in [4.69, 9.17) is 32.7 Å². The number of aryl methyl sites for hydroxylation is 1. The van der Waals surface area contributed by atoms with Gasteiger partial charge in [-0.25, -0.2) is 0 Å². The van der Waals surface area contributed by atoms with E-state index in [1.165, 1.54) is 0 Å². The quantitative estimate of drug-likeness (QED) is 0.0952. The monoisotopic (exact) mass is 850 g/mol. The highest BCUT2D eigenvalue weighted by molar-refractivity contribution is 6.36. The number of halogens is 2. The first kappa shape index (κ1) is 42.0. The fraction of sp³-hybridized carbons (Fsp3) is 0.102. The summed E-state index contributed by atoms with van der Waals surface area (Å²) in [6.45, 7) is 1.67. The molecule has 2 amide bonds. The summed E-state index contributed by atoms with van der Waals surface area (Å²) in [7, 11) is 0. The van der Waals surface area contributed by atoms with Gasteiger partial charge in [0.05, 0.1) is 22.1 Å². The highest BCUT2D eigenvalue weighted by Gasteiger charge is 2.25. The van der Waals surface area contributed by atoms with E-state index in [0.717, 1.165) is 16.7 Å². The van der Waals surface area contributed by atoms with Gasteiger partial charge in [-0.3, -0.25) is 19.6 Å². The lowest BCUT2D eigenvalue weighted by Crippen LogP contribution is -2.33. The van der Waals surface area contributed by atoms with Gasteiger partial charge in [0.1, 0.15) is 34.0 Å².